The Balaban J connectivity index is 2.61. The smallest absolute Gasteiger partial charge is 0.0304 e. The summed E-state index contributed by atoms with van der Waals surface area (Å²) in [6.07, 6.45) is 0. The predicted octanol–water partition coefficient (Wildman–Crippen LogP) is 3.95. The van der Waals surface area contributed by atoms with Crippen molar-refractivity contribution >= 4 is 11.3 Å². The summed E-state index contributed by atoms with van der Waals surface area (Å²) >= 11 is 1.90. The second-order valence-electron chi connectivity index (χ2n) is 6.53. The molecule has 0 aliphatic heterocycles. The fourth-order valence-electron chi connectivity index (χ4n) is 1.99. The third-order valence-corrected chi connectivity index (χ3v) is 3.94. The Morgan fingerprint density at radius 3 is 2.58 bits per heavy atom. The van der Waals surface area contributed by atoms with Gasteiger partial charge in [-0.1, -0.05) is 12.2 Å². The van der Waals surface area contributed by atoms with Gasteiger partial charge in [0, 0.05) is 34.9 Å². The van der Waals surface area contributed by atoms with Crippen molar-refractivity contribution in [3.8, 4) is 0 Å². The Hall–Kier alpha value is -0.640. The molecule has 1 aromatic heterocycles. The molecular formula is C16H28N2S. The molecule has 1 aromatic rings. The van der Waals surface area contributed by atoms with Gasteiger partial charge in [0.2, 0.25) is 0 Å². The zero-order valence-electron chi connectivity index (χ0n) is 13.3. The van der Waals surface area contributed by atoms with Crippen LogP contribution in [0.5, 0.6) is 0 Å². The molecule has 3 heteroatoms. The van der Waals surface area contributed by atoms with E-state index in [0.29, 0.717) is 0 Å². The van der Waals surface area contributed by atoms with Crippen molar-refractivity contribution in [2.24, 2.45) is 0 Å². The number of likely N-dealkylation sites (N-methyl/N-ethyl adjacent to an activating group) is 1. The van der Waals surface area contributed by atoms with Crippen LogP contribution in [0.4, 0.5) is 0 Å². The third-order valence-electron chi connectivity index (χ3n) is 2.84. The Morgan fingerprint density at radius 1 is 1.42 bits per heavy atom. The molecule has 108 valence electrons. The molecule has 0 bridgehead atoms. The first-order valence-electron chi connectivity index (χ1n) is 6.83. The Bertz CT molecular complexity index is 426. The van der Waals surface area contributed by atoms with Crippen LogP contribution in [0.2, 0.25) is 0 Å². The van der Waals surface area contributed by atoms with Crippen LogP contribution in [0.15, 0.2) is 18.2 Å². The van der Waals surface area contributed by atoms with Gasteiger partial charge >= 0.3 is 0 Å². The standard InChI is InChI=1S/C16H28N2S/c1-12(2)10-18(7)11-14-8-15(19-13(14)3)9-17-16(4,5)6/h8,17H,1,9-11H2,2-7H3. The fraction of sp³-hybridized carbons (Fsp3) is 0.625. The number of rotatable bonds is 6. The van der Waals surface area contributed by atoms with Gasteiger partial charge in [-0.2, -0.15) is 0 Å². The monoisotopic (exact) mass is 280 g/mol. The van der Waals surface area contributed by atoms with E-state index in [1.54, 1.807) is 0 Å². The molecule has 0 radical (unpaired) electrons. The summed E-state index contributed by atoms with van der Waals surface area (Å²) in [6, 6.07) is 2.34. The number of hydrogen-bond acceptors (Lipinski definition) is 3. The van der Waals surface area contributed by atoms with Crippen LogP contribution < -0.4 is 5.32 Å². The van der Waals surface area contributed by atoms with Crippen molar-refractivity contribution in [1.82, 2.24) is 10.2 Å². The van der Waals surface area contributed by atoms with Gasteiger partial charge < -0.3 is 5.32 Å². The van der Waals surface area contributed by atoms with E-state index in [4.69, 9.17) is 0 Å². The molecule has 0 unspecified atom stereocenters. The summed E-state index contributed by atoms with van der Waals surface area (Å²) in [4.78, 5) is 5.17. The van der Waals surface area contributed by atoms with E-state index < -0.39 is 0 Å². The summed E-state index contributed by atoms with van der Waals surface area (Å²) in [6.45, 7) is 17.8. The van der Waals surface area contributed by atoms with Gasteiger partial charge in [-0.25, -0.2) is 0 Å². The number of thiophene rings is 1. The summed E-state index contributed by atoms with van der Waals surface area (Å²) in [5, 5.41) is 3.55. The SMILES string of the molecule is C=C(C)CN(C)Cc1cc(CNC(C)(C)C)sc1C. The van der Waals surface area contributed by atoms with Crippen LogP contribution in [0.25, 0.3) is 0 Å². The van der Waals surface area contributed by atoms with Gasteiger partial charge in [-0.15, -0.1) is 11.3 Å². The highest BCUT2D eigenvalue weighted by Crippen LogP contribution is 2.23. The van der Waals surface area contributed by atoms with E-state index in [1.165, 1.54) is 20.9 Å². The maximum Gasteiger partial charge on any atom is 0.0304 e. The minimum Gasteiger partial charge on any atom is -0.307 e. The van der Waals surface area contributed by atoms with Gasteiger partial charge in [0.1, 0.15) is 0 Å². The Kier molecular flexibility index (Phi) is 5.78. The molecule has 0 atom stereocenters. The van der Waals surface area contributed by atoms with Gasteiger partial charge in [0.05, 0.1) is 0 Å². The highest BCUT2D eigenvalue weighted by atomic mass is 32.1. The molecule has 0 saturated carbocycles. The van der Waals surface area contributed by atoms with Crippen LogP contribution in [0.3, 0.4) is 0 Å². The van der Waals surface area contributed by atoms with E-state index in [-0.39, 0.29) is 5.54 Å². The van der Waals surface area contributed by atoms with E-state index in [2.05, 4.69) is 64.5 Å². The highest BCUT2D eigenvalue weighted by molar-refractivity contribution is 7.12. The van der Waals surface area contributed by atoms with Gasteiger partial charge in [0.25, 0.3) is 0 Å². The second-order valence-corrected chi connectivity index (χ2v) is 7.87. The molecule has 0 saturated heterocycles. The molecule has 19 heavy (non-hydrogen) atoms. The number of nitrogens with zero attached hydrogens (tertiary/aromatic N) is 1. The molecule has 0 aliphatic carbocycles. The predicted molar refractivity (Wildman–Crippen MR) is 86.8 cm³/mol. The van der Waals surface area contributed by atoms with E-state index in [9.17, 15) is 0 Å². The molecule has 0 amide bonds. The minimum atomic E-state index is 0.175. The molecule has 1 heterocycles. The first kappa shape index (κ1) is 16.4. The van der Waals surface area contributed by atoms with Crippen LogP contribution >= 0.6 is 11.3 Å². The lowest BCUT2D eigenvalue weighted by atomic mass is 10.1. The van der Waals surface area contributed by atoms with Crippen LogP contribution in [0, 0.1) is 6.92 Å². The minimum absolute atomic E-state index is 0.175. The maximum absolute atomic E-state index is 3.97. The molecule has 1 rings (SSSR count). The molecule has 0 fully saturated rings. The van der Waals surface area contributed by atoms with E-state index in [1.807, 2.05) is 11.3 Å². The zero-order valence-corrected chi connectivity index (χ0v) is 14.1. The van der Waals surface area contributed by atoms with Crippen molar-refractivity contribution in [1.29, 1.82) is 0 Å². The third kappa shape index (κ3) is 6.37. The number of aryl methyl sites for hydroxylation is 1. The van der Waals surface area contributed by atoms with Gasteiger partial charge in [0.15, 0.2) is 0 Å². The quantitative estimate of drug-likeness (QED) is 0.794. The van der Waals surface area contributed by atoms with E-state index in [0.717, 1.165) is 19.6 Å². The molecule has 0 aliphatic rings. The first-order chi connectivity index (χ1) is 8.67. The lowest BCUT2D eigenvalue weighted by molar-refractivity contribution is 0.355. The van der Waals surface area contributed by atoms with Crippen LogP contribution in [0.1, 0.15) is 43.0 Å². The average Bonchev–Trinajstić information content (AvgIpc) is 2.54. The first-order valence-corrected chi connectivity index (χ1v) is 7.65. The molecule has 0 aromatic carbocycles. The molecule has 0 spiro atoms. The average molecular weight is 280 g/mol. The lowest BCUT2D eigenvalue weighted by Gasteiger charge is -2.19. The fourth-order valence-corrected chi connectivity index (χ4v) is 2.98. The van der Waals surface area contributed by atoms with Gasteiger partial charge in [-0.3, -0.25) is 4.90 Å². The summed E-state index contributed by atoms with van der Waals surface area (Å²) < 4.78 is 0. The largest absolute Gasteiger partial charge is 0.307 e. The lowest BCUT2D eigenvalue weighted by Crippen LogP contribution is -2.34. The maximum atomic E-state index is 3.97. The second kappa shape index (κ2) is 6.69. The number of nitrogens with one attached hydrogen (secondary N) is 1. The van der Waals surface area contributed by atoms with Crippen LogP contribution in [-0.2, 0) is 13.1 Å². The summed E-state index contributed by atoms with van der Waals surface area (Å²) in [5.41, 5.74) is 2.83. The number of hydrogen-bond donors (Lipinski definition) is 1. The topological polar surface area (TPSA) is 15.3 Å². The van der Waals surface area contributed by atoms with Crippen molar-refractivity contribution in [3.63, 3.8) is 0 Å². The molecular weight excluding hydrogens is 252 g/mol. The zero-order chi connectivity index (χ0) is 14.6. The highest BCUT2D eigenvalue weighted by Gasteiger charge is 2.12. The normalized spacial score (nSPS) is 12.2. The molecule has 2 nitrogen and oxygen atoms in total. The van der Waals surface area contributed by atoms with Gasteiger partial charge in [-0.05, 0) is 53.3 Å². The van der Waals surface area contributed by atoms with Crippen LogP contribution in [-0.4, -0.2) is 24.0 Å². The summed E-state index contributed by atoms with van der Waals surface area (Å²) in [7, 11) is 2.15. The van der Waals surface area contributed by atoms with Crippen molar-refractivity contribution in [2.75, 3.05) is 13.6 Å². The van der Waals surface area contributed by atoms with Crippen molar-refractivity contribution in [2.45, 2.75) is 53.2 Å². The van der Waals surface area contributed by atoms with E-state index >= 15 is 0 Å². The van der Waals surface area contributed by atoms with Crippen molar-refractivity contribution in [3.05, 3.63) is 33.5 Å². The Morgan fingerprint density at radius 2 is 2.05 bits per heavy atom. The Labute approximate surface area is 122 Å². The molecule has 1 N–H and O–H groups in total. The summed E-state index contributed by atoms with van der Waals surface area (Å²) in [5.74, 6) is 0. The van der Waals surface area contributed by atoms with Crippen molar-refractivity contribution < 1.29 is 0 Å².